The molecule has 1 saturated carbocycles. The molecule has 4 heterocycles. The Morgan fingerprint density at radius 1 is 1.12 bits per heavy atom. The van der Waals surface area contributed by atoms with E-state index in [0.717, 1.165) is 55.7 Å². The van der Waals surface area contributed by atoms with Crippen LogP contribution in [0.25, 0.3) is 0 Å². The maximum absolute atomic E-state index is 13.3. The smallest absolute Gasteiger partial charge is 0.245 e. The number of aromatic amines is 1. The average Bonchev–Trinajstić information content (AvgIpc) is 3.20. The Balaban J connectivity index is 1.26. The number of carbonyl (C=O) groups is 2. The molecule has 10 heteroatoms. The molecule has 6 rings (SSSR count). The van der Waals surface area contributed by atoms with Crippen molar-refractivity contribution < 1.29 is 9.59 Å². The van der Waals surface area contributed by atoms with Gasteiger partial charge >= 0.3 is 0 Å². The van der Waals surface area contributed by atoms with Crippen LogP contribution in [-0.4, -0.2) is 80.8 Å². The SMILES string of the molecule is CN1CCN(C(=O)[C@H]2CCCN2c2nc3c(c(Nc4ncc(C5CC5)[nH]4)n2)CCC3)CC1=O. The maximum Gasteiger partial charge on any atom is 0.245 e. The lowest BCUT2D eigenvalue weighted by atomic mass is 10.1. The zero-order valence-electron chi connectivity index (χ0n) is 19.0. The fraction of sp³-hybridized carbons (Fsp3) is 0.609. The van der Waals surface area contributed by atoms with E-state index < -0.39 is 0 Å². The number of imidazole rings is 1. The van der Waals surface area contributed by atoms with E-state index in [1.807, 2.05) is 11.1 Å². The molecule has 1 atom stereocenters. The number of carbonyl (C=O) groups excluding carboxylic acids is 2. The summed E-state index contributed by atoms with van der Waals surface area (Å²) in [6, 6.07) is -0.321. The van der Waals surface area contributed by atoms with Gasteiger partial charge in [0.2, 0.25) is 23.7 Å². The van der Waals surface area contributed by atoms with E-state index in [1.165, 1.54) is 18.5 Å². The summed E-state index contributed by atoms with van der Waals surface area (Å²) in [5, 5.41) is 3.40. The lowest BCUT2D eigenvalue weighted by molar-refractivity contribution is -0.144. The van der Waals surface area contributed by atoms with Crippen molar-refractivity contribution in [3.63, 3.8) is 0 Å². The Morgan fingerprint density at radius 2 is 2.00 bits per heavy atom. The first-order valence-electron chi connectivity index (χ1n) is 12.1. The summed E-state index contributed by atoms with van der Waals surface area (Å²) in [4.78, 5) is 48.6. The van der Waals surface area contributed by atoms with Gasteiger partial charge in [0.05, 0.1) is 18.4 Å². The van der Waals surface area contributed by atoms with Crippen LogP contribution in [-0.2, 0) is 22.4 Å². The highest BCUT2D eigenvalue weighted by Gasteiger charge is 2.38. The van der Waals surface area contributed by atoms with Gasteiger partial charge in [-0.2, -0.15) is 4.98 Å². The fourth-order valence-corrected chi connectivity index (χ4v) is 5.18. The molecule has 0 aromatic carbocycles. The van der Waals surface area contributed by atoms with Gasteiger partial charge in [0.1, 0.15) is 11.9 Å². The van der Waals surface area contributed by atoms with E-state index in [-0.39, 0.29) is 24.4 Å². The van der Waals surface area contributed by atoms with E-state index in [4.69, 9.17) is 9.97 Å². The second-order valence-electron chi connectivity index (χ2n) is 9.66. The minimum Gasteiger partial charge on any atom is -0.342 e. The number of amides is 2. The van der Waals surface area contributed by atoms with Crippen LogP contribution >= 0.6 is 0 Å². The third-order valence-electron chi connectivity index (χ3n) is 7.33. The number of aromatic nitrogens is 4. The summed E-state index contributed by atoms with van der Waals surface area (Å²) >= 11 is 0. The van der Waals surface area contributed by atoms with Gasteiger partial charge in [-0.15, -0.1) is 0 Å². The molecule has 10 nitrogen and oxygen atoms in total. The molecule has 174 valence electrons. The van der Waals surface area contributed by atoms with Crippen molar-refractivity contribution in [1.82, 2.24) is 29.7 Å². The van der Waals surface area contributed by atoms with Crippen molar-refractivity contribution in [3.05, 3.63) is 23.1 Å². The number of rotatable bonds is 5. The van der Waals surface area contributed by atoms with Crippen LogP contribution in [0.1, 0.15) is 55.0 Å². The molecule has 2 aliphatic heterocycles. The van der Waals surface area contributed by atoms with Crippen molar-refractivity contribution in [3.8, 4) is 0 Å². The third-order valence-corrected chi connectivity index (χ3v) is 7.33. The highest BCUT2D eigenvalue weighted by Crippen LogP contribution is 2.39. The summed E-state index contributed by atoms with van der Waals surface area (Å²) in [5.74, 6) is 2.70. The van der Waals surface area contributed by atoms with Gasteiger partial charge in [0.15, 0.2) is 0 Å². The number of hydrogen-bond acceptors (Lipinski definition) is 7. The van der Waals surface area contributed by atoms with Crippen molar-refractivity contribution in [1.29, 1.82) is 0 Å². The number of piperazine rings is 1. The number of H-pyrrole nitrogens is 1. The predicted octanol–water partition coefficient (Wildman–Crippen LogP) is 1.58. The zero-order chi connectivity index (χ0) is 22.5. The maximum atomic E-state index is 13.3. The van der Waals surface area contributed by atoms with E-state index in [9.17, 15) is 9.59 Å². The molecule has 2 saturated heterocycles. The number of nitrogens with zero attached hydrogens (tertiary/aromatic N) is 6. The van der Waals surface area contributed by atoms with E-state index >= 15 is 0 Å². The number of likely N-dealkylation sites (N-methyl/N-ethyl adjacent to an activating group) is 1. The largest absolute Gasteiger partial charge is 0.342 e. The van der Waals surface area contributed by atoms with Crippen LogP contribution in [0.3, 0.4) is 0 Å². The molecule has 2 amide bonds. The zero-order valence-corrected chi connectivity index (χ0v) is 19.0. The van der Waals surface area contributed by atoms with E-state index in [1.54, 1.807) is 16.8 Å². The summed E-state index contributed by atoms with van der Waals surface area (Å²) in [7, 11) is 1.78. The Labute approximate surface area is 192 Å². The topological polar surface area (TPSA) is 110 Å². The minimum absolute atomic E-state index is 0.00710. The predicted molar refractivity (Wildman–Crippen MR) is 122 cm³/mol. The molecule has 3 fully saturated rings. The first kappa shape index (κ1) is 20.4. The molecule has 0 bridgehead atoms. The third kappa shape index (κ3) is 3.81. The van der Waals surface area contributed by atoms with Gasteiger partial charge in [-0.3, -0.25) is 9.59 Å². The number of hydrogen-bond donors (Lipinski definition) is 2. The van der Waals surface area contributed by atoms with Crippen LogP contribution in [0.5, 0.6) is 0 Å². The number of fused-ring (bicyclic) bond motifs is 1. The standard InChI is InChI=1S/C23H30N8O2/c1-29-10-11-30(13-19(29)32)21(33)18-6-3-9-31(18)23-26-16-5-2-4-15(16)20(28-23)27-22-24-12-17(25-22)14-7-8-14/h12,14,18H,2-11,13H2,1H3,(H2,24,25,26,27,28)/t18-/m1/s1. The minimum atomic E-state index is -0.321. The molecular formula is C23H30N8O2. The normalized spacial score (nSPS) is 22.8. The Bertz CT molecular complexity index is 1090. The Hall–Kier alpha value is -3.17. The summed E-state index contributed by atoms with van der Waals surface area (Å²) in [6.07, 6.45) is 8.93. The summed E-state index contributed by atoms with van der Waals surface area (Å²) in [5.41, 5.74) is 3.38. The lowest BCUT2D eigenvalue weighted by Gasteiger charge is -2.35. The Kier molecular flexibility index (Phi) is 4.95. The average molecular weight is 451 g/mol. The van der Waals surface area contributed by atoms with Crippen LogP contribution < -0.4 is 10.2 Å². The van der Waals surface area contributed by atoms with Gasteiger partial charge in [0.25, 0.3) is 0 Å². The molecule has 2 N–H and O–H groups in total. The van der Waals surface area contributed by atoms with Gasteiger partial charge in [-0.05, 0) is 44.9 Å². The molecule has 2 aliphatic carbocycles. The lowest BCUT2D eigenvalue weighted by Crippen LogP contribution is -2.55. The Morgan fingerprint density at radius 3 is 2.82 bits per heavy atom. The molecule has 0 spiro atoms. The second-order valence-corrected chi connectivity index (χ2v) is 9.66. The van der Waals surface area contributed by atoms with E-state index in [0.29, 0.717) is 30.9 Å². The fourth-order valence-electron chi connectivity index (χ4n) is 5.18. The van der Waals surface area contributed by atoms with Crippen molar-refractivity contribution in [2.45, 2.75) is 56.9 Å². The van der Waals surface area contributed by atoms with Crippen molar-refractivity contribution in [2.75, 3.05) is 43.4 Å². The van der Waals surface area contributed by atoms with Gasteiger partial charge in [0, 0.05) is 43.9 Å². The van der Waals surface area contributed by atoms with Gasteiger partial charge < -0.3 is 25.0 Å². The van der Waals surface area contributed by atoms with Crippen LogP contribution in [0.15, 0.2) is 6.20 Å². The van der Waals surface area contributed by atoms with Crippen LogP contribution in [0, 0.1) is 0 Å². The molecule has 4 aliphatic rings. The van der Waals surface area contributed by atoms with Crippen molar-refractivity contribution in [2.24, 2.45) is 0 Å². The second kappa shape index (κ2) is 8.00. The highest BCUT2D eigenvalue weighted by molar-refractivity contribution is 5.90. The molecule has 2 aromatic rings. The first-order chi connectivity index (χ1) is 16.1. The monoisotopic (exact) mass is 450 g/mol. The molecule has 33 heavy (non-hydrogen) atoms. The molecule has 0 unspecified atom stereocenters. The van der Waals surface area contributed by atoms with Crippen LogP contribution in [0.2, 0.25) is 0 Å². The highest BCUT2D eigenvalue weighted by atomic mass is 16.2. The van der Waals surface area contributed by atoms with Crippen molar-refractivity contribution >= 4 is 29.5 Å². The molecule has 0 radical (unpaired) electrons. The van der Waals surface area contributed by atoms with E-state index in [2.05, 4.69) is 15.3 Å². The first-order valence-corrected chi connectivity index (χ1v) is 12.1. The number of aryl methyl sites for hydroxylation is 1. The van der Waals surface area contributed by atoms with Gasteiger partial charge in [-0.1, -0.05) is 0 Å². The number of anilines is 3. The quantitative estimate of drug-likeness (QED) is 0.712. The summed E-state index contributed by atoms with van der Waals surface area (Å²) < 4.78 is 0. The summed E-state index contributed by atoms with van der Waals surface area (Å²) in [6.45, 7) is 2.04. The number of nitrogens with one attached hydrogen (secondary N) is 2. The molecular weight excluding hydrogens is 420 g/mol. The van der Waals surface area contributed by atoms with Crippen LogP contribution in [0.4, 0.5) is 17.7 Å². The molecule has 2 aromatic heterocycles. The van der Waals surface area contributed by atoms with Gasteiger partial charge in [-0.25, -0.2) is 9.97 Å².